The number of ether oxygens (including phenoxy) is 1. The summed E-state index contributed by atoms with van der Waals surface area (Å²) in [7, 11) is 0. The van der Waals surface area contributed by atoms with Crippen LogP contribution in [0.1, 0.15) is 18.0 Å². The Bertz CT molecular complexity index is 1220. The molecule has 14 heteroatoms. The van der Waals surface area contributed by atoms with Crippen LogP contribution in [0.15, 0.2) is 40.9 Å². The average molecular weight is 543 g/mol. The third-order valence-corrected chi connectivity index (χ3v) is 7.83. The number of benzene rings is 1. The van der Waals surface area contributed by atoms with Gasteiger partial charge in [-0.3, -0.25) is 14.2 Å². The molecule has 4 heterocycles. The van der Waals surface area contributed by atoms with Gasteiger partial charge < -0.3 is 9.15 Å². The molecule has 2 aliphatic rings. The van der Waals surface area contributed by atoms with Crippen LogP contribution in [0.5, 0.6) is 0 Å². The topological polar surface area (TPSA) is 87.8 Å². The van der Waals surface area contributed by atoms with Gasteiger partial charge in [0.1, 0.15) is 5.82 Å². The Labute approximate surface area is 212 Å². The van der Waals surface area contributed by atoms with Gasteiger partial charge in [0.2, 0.25) is 5.89 Å². The Morgan fingerprint density at radius 2 is 1.92 bits per heavy atom. The molecule has 0 aliphatic carbocycles. The lowest BCUT2D eigenvalue weighted by molar-refractivity contribution is -0.0719. The Hall–Kier alpha value is -2.58. The lowest BCUT2D eigenvalue weighted by Gasteiger charge is -2.42. The Morgan fingerprint density at radius 1 is 1.14 bits per heavy atom. The fraction of sp³-hybridized carbons (Fsp3) is 0.409. The van der Waals surface area contributed by atoms with Gasteiger partial charge in [0.05, 0.1) is 47.8 Å². The van der Waals surface area contributed by atoms with E-state index in [-0.39, 0.29) is 17.5 Å². The number of halogens is 4. The lowest BCUT2D eigenvalue weighted by atomic mass is 10.2. The number of aromatic nitrogens is 3. The zero-order valence-corrected chi connectivity index (χ0v) is 20.5. The molecule has 0 spiro atoms. The van der Waals surface area contributed by atoms with Crippen LogP contribution in [-0.2, 0) is 22.5 Å². The van der Waals surface area contributed by atoms with Gasteiger partial charge in [-0.25, -0.2) is 12.9 Å². The van der Waals surface area contributed by atoms with E-state index in [1.807, 2.05) is 4.31 Å². The summed E-state index contributed by atoms with van der Waals surface area (Å²) in [6.45, 7) is 4.26. The van der Waals surface area contributed by atoms with Crippen molar-refractivity contribution in [3.05, 3.63) is 59.0 Å². The van der Waals surface area contributed by atoms with Crippen molar-refractivity contribution in [2.45, 2.75) is 19.0 Å². The van der Waals surface area contributed by atoms with E-state index in [9.17, 15) is 17.4 Å². The van der Waals surface area contributed by atoms with Crippen LogP contribution in [0, 0.1) is 5.82 Å². The van der Waals surface area contributed by atoms with E-state index in [1.54, 1.807) is 16.4 Å². The summed E-state index contributed by atoms with van der Waals surface area (Å²) in [5.41, 5.74) is 1.37. The molecule has 1 unspecified atom stereocenters. The standard InChI is InChI=1S/C22H22ClF3N6O3S/c23-18-9-16(3-4-19(18)24)32(36(33)31-7-5-30(6-8-31)17-12-34-13-17)11-15-2-1-14(10-27-15)21-28-29-22(35-21)20(25)26/h1-4,9-10,17,20H,5-8,11-13H2. The second-order valence-corrected chi connectivity index (χ2v) is 10.1. The fourth-order valence-electron chi connectivity index (χ4n) is 3.91. The van der Waals surface area contributed by atoms with Gasteiger partial charge in [0.15, 0.2) is 11.2 Å². The van der Waals surface area contributed by atoms with E-state index in [4.69, 9.17) is 20.8 Å². The molecule has 0 N–H and O–H groups in total. The third kappa shape index (κ3) is 5.39. The highest BCUT2D eigenvalue weighted by Gasteiger charge is 2.32. The van der Waals surface area contributed by atoms with Crippen molar-refractivity contribution in [2.24, 2.45) is 0 Å². The van der Waals surface area contributed by atoms with Crippen molar-refractivity contribution in [1.29, 1.82) is 0 Å². The zero-order valence-electron chi connectivity index (χ0n) is 18.9. The van der Waals surface area contributed by atoms with Gasteiger partial charge in [0, 0.05) is 32.4 Å². The largest absolute Gasteiger partial charge is 0.415 e. The first-order valence-corrected chi connectivity index (χ1v) is 12.6. The Morgan fingerprint density at radius 3 is 2.50 bits per heavy atom. The number of nitrogens with zero attached hydrogens (tertiary/aromatic N) is 6. The lowest BCUT2D eigenvalue weighted by Crippen LogP contribution is -2.57. The molecule has 0 bridgehead atoms. The summed E-state index contributed by atoms with van der Waals surface area (Å²) in [5.74, 6) is -1.42. The van der Waals surface area contributed by atoms with Crippen LogP contribution in [0.2, 0.25) is 5.02 Å². The zero-order chi connectivity index (χ0) is 25.2. The molecule has 1 atom stereocenters. The highest BCUT2D eigenvalue weighted by molar-refractivity contribution is 7.84. The third-order valence-electron chi connectivity index (χ3n) is 6.02. The van der Waals surface area contributed by atoms with Crippen molar-refractivity contribution < 1.29 is 26.5 Å². The number of hydrogen-bond donors (Lipinski definition) is 0. The number of rotatable bonds is 8. The van der Waals surface area contributed by atoms with Crippen LogP contribution >= 0.6 is 11.6 Å². The molecule has 0 radical (unpaired) electrons. The van der Waals surface area contributed by atoms with E-state index in [1.165, 1.54) is 24.4 Å². The number of alkyl halides is 2. The number of hydrogen-bond acceptors (Lipinski definition) is 7. The Kier molecular flexibility index (Phi) is 7.53. The van der Waals surface area contributed by atoms with Crippen LogP contribution < -0.4 is 4.31 Å². The quantitative estimate of drug-likeness (QED) is 0.431. The van der Waals surface area contributed by atoms with Crippen LogP contribution in [0.3, 0.4) is 0 Å². The molecule has 36 heavy (non-hydrogen) atoms. The van der Waals surface area contributed by atoms with E-state index in [0.29, 0.717) is 36.1 Å². The molecule has 2 aromatic heterocycles. The molecule has 0 saturated carbocycles. The summed E-state index contributed by atoms with van der Waals surface area (Å²) in [5, 5.41) is 6.85. The first-order chi connectivity index (χ1) is 17.4. The molecule has 5 rings (SSSR count). The summed E-state index contributed by atoms with van der Waals surface area (Å²) in [6.07, 6.45) is -1.45. The molecule has 0 amide bonds. The van der Waals surface area contributed by atoms with E-state index in [0.717, 1.165) is 26.3 Å². The van der Waals surface area contributed by atoms with E-state index >= 15 is 0 Å². The fourth-order valence-corrected chi connectivity index (χ4v) is 5.37. The van der Waals surface area contributed by atoms with Crippen molar-refractivity contribution in [2.75, 3.05) is 43.7 Å². The van der Waals surface area contributed by atoms with Gasteiger partial charge in [0.25, 0.3) is 5.89 Å². The van der Waals surface area contributed by atoms with Gasteiger partial charge in [-0.2, -0.15) is 8.78 Å². The minimum absolute atomic E-state index is 0.0789. The summed E-state index contributed by atoms with van der Waals surface area (Å²) >= 11 is 4.41. The minimum Gasteiger partial charge on any atom is -0.415 e. The Balaban J connectivity index is 1.34. The molecule has 2 saturated heterocycles. The van der Waals surface area contributed by atoms with Gasteiger partial charge in [-0.05, 0) is 30.3 Å². The number of piperazine rings is 1. The van der Waals surface area contributed by atoms with Gasteiger partial charge in [-0.15, -0.1) is 10.2 Å². The van der Waals surface area contributed by atoms with Crippen LogP contribution in [-0.4, -0.2) is 74.0 Å². The maximum atomic E-state index is 13.8. The molecule has 9 nitrogen and oxygen atoms in total. The molecule has 3 aromatic rings. The highest BCUT2D eigenvalue weighted by Crippen LogP contribution is 2.28. The van der Waals surface area contributed by atoms with Crippen molar-refractivity contribution in [3.63, 3.8) is 0 Å². The van der Waals surface area contributed by atoms with Crippen molar-refractivity contribution in [3.8, 4) is 11.5 Å². The molecular formula is C22H22ClF3N6O3S. The molecular weight excluding hydrogens is 521 g/mol. The normalized spacial score (nSPS) is 18.4. The minimum atomic E-state index is -2.87. The van der Waals surface area contributed by atoms with E-state index < -0.39 is 29.3 Å². The highest BCUT2D eigenvalue weighted by atomic mass is 35.5. The van der Waals surface area contributed by atoms with E-state index in [2.05, 4.69) is 20.1 Å². The van der Waals surface area contributed by atoms with Crippen LogP contribution in [0.4, 0.5) is 18.9 Å². The monoisotopic (exact) mass is 542 g/mol. The number of pyridine rings is 1. The van der Waals surface area contributed by atoms with Crippen molar-refractivity contribution in [1.82, 2.24) is 24.4 Å². The summed E-state index contributed by atoms with van der Waals surface area (Å²) in [6, 6.07) is 7.82. The van der Waals surface area contributed by atoms with Crippen LogP contribution in [0.25, 0.3) is 11.5 Å². The smallest absolute Gasteiger partial charge is 0.314 e. The van der Waals surface area contributed by atoms with Gasteiger partial charge >= 0.3 is 6.43 Å². The molecule has 2 fully saturated rings. The van der Waals surface area contributed by atoms with Crippen molar-refractivity contribution >= 4 is 28.5 Å². The first-order valence-electron chi connectivity index (χ1n) is 11.2. The maximum Gasteiger partial charge on any atom is 0.314 e. The molecule has 2 aliphatic heterocycles. The first kappa shape index (κ1) is 25.1. The summed E-state index contributed by atoms with van der Waals surface area (Å²) < 4.78 is 66.7. The second-order valence-electron chi connectivity index (χ2n) is 8.31. The molecule has 1 aromatic carbocycles. The number of anilines is 1. The summed E-state index contributed by atoms with van der Waals surface area (Å²) in [4.78, 5) is 6.68. The predicted octanol–water partition coefficient (Wildman–Crippen LogP) is 3.46. The van der Waals surface area contributed by atoms with Gasteiger partial charge in [-0.1, -0.05) is 11.6 Å². The SMILES string of the molecule is O=S(N1CCN(C2COC2)CC1)N(Cc1ccc(-c2nnc(C(F)F)o2)cn1)c1ccc(F)c(Cl)c1. The predicted molar refractivity (Wildman–Crippen MR) is 126 cm³/mol. The molecule has 192 valence electrons. The maximum absolute atomic E-state index is 13.8. The second kappa shape index (κ2) is 10.8. The average Bonchev–Trinajstić information content (AvgIpc) is 3.35.